The summed E-state index contributed by atoms with van der Waals surface area (Å²) in [6.45, 7) is 0. The first-order valence-electron chi connectivity index (χ1n) is 8.33. The van der Waals surface area contributed by atoms with Crippen LogP contribution in [0.3, 0.4) is 0 Å². The smallest absolute Gasteiger partial charge is 0.317 e. The summed E-state index contributed by atoms with van der Waals surface area (Å²) in [5.74, 6) is -1.32. The number of carboxylic acid groups (broad SMARTS) is 1. The maximum Gasteiger partial charge on any atom is 0.317 e. The number of fused-ring (bicyclic) bond motifs is 1. The Morgan fingerprint density at radius 1 is 1.28 bits per heavy atom. The molecule has 0 saturated heterocycles. The van der Waals surface area contributed by atoms with E-state index in [1.807, 2.05) is 0 Å². The lowest BCUT2D eigenvalue weighted by atomic mass is 9.67. The van der Waals surface area contributed by atoms with Gasteiger partial charge in [-0.05, 0) is 31.7 Å². The van der Waals surface area contributed by atoms with Gasteiger partial charge in [0.1, 0.15) is 11.2 Å². The molecule has 0 radical (unpaired) electrons. The molecule has 0 fully saturated rings. The number of ketones is 1. The van der Waals surface area contributed by atoms with Crippen LogP contribution in [0, 0.1) is 5.41 Å². The standard InChI is InChI=1S/C18H23NO6/c1-25-14-7-5-6-13-12(14)9-11-18(16(13)21,17(22)23)10-4-2-3-8-15(20)19-24/h5-7,24H,2-4,8-11H2,1H3,(H,19,20)(H,22,23). The van der Waals surface area contributed by atoms with Gasteiger partial charge in [0, 0.05) is 17.5 Å². The van der Waals surface area contributed by atoms with Crippen LogP contribution in [-0.4, -0.2) is 35.1 Å². The van der Waals surface area contributed by atoms with E-state index in [0.29, 0.717) is 37.0 Å². The van der Waals surface area contributed by atoms with Crippen molar-refractivity contribution >= 4 is 17.7 Å². The molecule has 1 amide bonds. The van der Waals surface area contributed by atoms with Gasteiger partial charge in [0.15, 0.2) is 5.78 Å². The second-order valence-corrected chi connectivity index (χ2v) is 6.30. The molecular weight excluding hydrogens is 326 g/mol. The van der Waals surface area contributed by atoms with Gasteiger partial charge in [-0.2, -0.15) is 0 Å². The zero-order valence-electron chi connectivity index (χ0n) is 14.2. The van der Waals surface area contributed by atoms with Gasteiger partial charge in [-0.1, -0.05) is 25.0 Å². The molecule has 1 atom stereocenters. The molecule has 0 saturated carbocycles. The minimum Gasteiger partial charge on any atom is -0.496 e. The number of amides is 1. The molecule has 1 unspecified atom stereocenters. The summed E-state index contributed by atoms with van der Waals surface area (Å²) in [5.41, 5.74) is 1.34. The average Bonchev–Trinajstić information content (AvgIpc) is 2.62. The Morgan fingerprint density at radius 2 is 2.04 bits per heavy atom. The van der Waals surface area contributed by atoms with E-state index in [0.717, 1.165) is 5.56 Å². The van der Waals surface area contributed by atoms with Crippen LogP contribution in [-0.2, 0) is 16.0 Å². The van der Waals surface area contributed by atoms with Crippen LogP contribution in [0.4, 0.5) is 0 Å². The van der Waals surface area contributed by atoms with Crippen LogP contribution < -0.4 is 10.2 Å². The largest absolute Gasteiger partial charge is 0.496 e. The Labute approximate surface area is 145 Å². The molecule has 0 heterocycles. The number of ether oxygens (including phenoxy) is 1. The summed E-state index contributed by atoms with van der Waals surface area (Å²) in [6, 6.07) is 5.12. The van der Waals surface area contributed by atoms with E-state index in [1.165, 1.54) is 7.11 Å². The topological polar surface area (TPSA) is 113 Å². The van der Waals surface area contributed by atoms with E-state index in [1.54, 1.807) is 23.7 Å². The quantitative estimate of drug-likeness (QED) is 0.287. The van der Waals surface area contributed by atoms with Crippen LogP contribution >= 0.6 is 0 Å². The first-order chi connectivity index (χ1) is 12.0. The molecule has 1 aliphatic rings. The molecule has 7 nitrogen and oxygen atoms in total. The van der Waals surface area contributed by atoms with Crippen molar-refractivity contribution in [2.75, 3.05) is 7.11 Å². The Morgan fingerprint density at radius 3 is 2.68 bits per heavy atom. The summed E-state index contributed by atoms with van der Waals surface area (Å²) in [5, 5.41) is 18.2. The van der Waals surface area contributed by atoms with Crippen molar-refractivity contribution in [2.45, 2.75) is 44.9 Å². The first kappa shape index (κ1) is 18.9. The van der Waals surface area contributed by atoms with E-state index in [4.69, 9.17) is 9.94 Å². The highest BCUT2D eigenvalue weighted by Crippen LogP contribution is 2.42. The molecular formula is C18H23NO6. The fraction of sp³-hybridized carbons (Fsp3) is 0.500. The molecule has 1 aromatic rings. The number of Topliss-reactive ketones (excluding diaryl/α,β-unsaturated/α-hetero) is 1. The van der Waals surface area contributed by atoms with Gasteiger partial charge in [-0.3, -0.25) is 19.6 Å². The second kappa shape index (κ2) is 8.11. The second-order valence-electron chi connectivity index (χ2n) is 6.30. The third kappa shape index (κ3) is 3.82. The van der Waals surface area contributed by atoms with Crippen LogP contribution in [0.25, 0.3) is 0 Å². The van der Waals surface area contributed by atoms with Gasteiger partial charge in [0.25, 0.3) is 0 Å². The summed E-state index contributed by atoms with van der Waals surface area (Å²) in [4.78, 5) is 35.8. The van der Waals surface area contributed by atoms with Crippen molar-refractivity contribution in [3.05, 3.63) is 29.3 Å². The molecule has 0 aromatic heterocycles. The molecule has 25 heavy (non-hydrogen) atoms. The van der Waals surface area contributed by atoms with E-state index in [2.05, 4.69) is 0 Å². The third-order valence-electron chi connectivity index (χ3n) is 4.88. The lowest BCUT2D eigenvalue weighted by Crippen LogP contribution is -2.43. The summed E-state index contributed by atoms with van der Waals surface area (Å²) < 4.78 is 5.28. The minimum atomic E-state index is -1.42. The average molecular weight is 349 g/mol. The number of hydrogen-bond acceptors (Lipinski definition) is 5. The van der Waals surface area contributed by atoms with E-state index in [-0.39, 0.29) is 25.0 Å². The molecule has 3 N–H and O–H groups in total. The van der Waals surface area contributed by atoms with Crippen LogP contribution in [0.1, 0.15) is 54.4 Å². The number of aliphatic carboxylic acids is 1. The fourth-order valence-corrected chi connectivity index (χ4v) is 3.43. The number of carbonyl (C=O) groups is 3. The molecule has 1 aromatic carbocycles. The molecule has 136 valence electrons. The number of nitrogens with one attached hydrogen (secondary N) is 1. The molecule has 0 aliphatic heterocycles. The third-order valence-corrected chi connectivity index (χ3v) is 4.88. The SMILES string of the molecule is COc1cccc2c1CCC(CCCCCC(=O)NO)(C(=O)O)C2=O. The van der Waals surface area contributed by atoms with Crippen LogP contribution in [0.15, 0.2) is 18.2 Å². The predicted octanol–water partition coefficient (Wildman–Crippen LogP) is 2.35. The number of unbranched alkanes of at least 4 members (excludes halogenated alkanes) is 2. The van der Waals surface area contributed by atoms with Crippen molar-refractivity contribution in [3.63, 3.8) is 0 Å². The van der Waals surface area contributed by atoms with Crippen LogP contribution in [0.5, 0.6) is 5.75 Å². The summed E-state index contributed by atoms with van der Waals surface area (Å²) in [6.07, 6.45) is 2.79. The highest BCUT2D eigenvalue weighted by molar-refractivity contribution is 6.13. The van der Waals surface area contributed by atoms with Gasteiger partial charge in [0.2, 0.25) is 5.91 Å². The number of rotatable bonds is 8. The number of carbonyl (C=O) groups excluding carboxylic acids is 2. The first-order valence-corrected chi connectivity index (χ1v) is 8.33. The van der Waals surface area contributed by atoms with Gasteiger partial charge >= 0.3 is 5.97 Å². The Balaban J connectivity index is 2.11. The number of carboxylic acids is 1. The Hall–Kier alpha value is -2.41. The highest BCUT2D eigenvalue weighted by atomic mass is 16.5. The zero-order valence-corrected chi connectivity index (χ0v) is 14.2. The maximum atomic E-state index is 12.9. The van der Waals surface area contributed by atoms with Gasteiger partial charge < -0.3 is 9.84 Å². The number of benzene rings is 1. The highest BCUT2D eigenvalue weighted by Gasteiger charge is 2.48. The van der Waals surface area contributed by atoms with Gasteiger partial charge in [-0.25, -0.2) is 5.48 Å². The minimum absolute atomic E-state index is 0.171. The van der Waals surface area contributed by atoms with Crippen molar-refractivity contribution in [3.8, 4) is 5.75 Å². The normalized spacial score (nSPS) is 19.2. The molecule has 2 rings (SSSR count). The fourth-order valence-electron chi connectivity index (χ4n) is 3.43. The van der Waals surface area contributed by atoms with E-state index >= 15 is 0 Å². The predicted molar refractivity (Wildman–Crippen MR) is 88.7 cm³/mol. The summed E-state index contributed by atoms with van der Waals surface area (Å²) >= 11 is 0. The lowest BCUT2D eigenvalue weighted by molar-refractivity contribution is -0.147. The summed E-state index contributed by atoms with van der Waals surface area (Å²) in [7, 11) is 1.53. The van der Waals surface area contributed by atoms with Gasteiger partial charge in [-0.15, -0.1) is 0 Å². The maximum absolute atomic E-state index is 12.9. The molecule has 7 heteroatoms. The van der Waals surface area contributed by atoms with E-state index < -0.39 is 17.3 Å². The Bertz CT molecular complexity index is 672. The lowest BCUT2D eigenvalue weighted by Gasteiger charge is -2.33. The number of hydroxylamine groups is 1. The van der Waals surface area contributed by atoms with Crippen molar-refractivity contribution in [1.29, 1.82) is 0 Å². The van der Waals surface area contributed by atoms with Crippen LogP contribution in [0.2, 0.25) is 0 Å². The van der Waals surface area contributed by atoms with Crippen molar-refractivity contribution < 1.29 is 29.4 Å². The zero-order chi connectivity index (χ0) is 18.4. The molecule has 1 aliphatic carbocycles. The number of methoxy groups -OCH3 is 1. The van der Waals surface area contributed by atoms with Crippen molar-refractivity contribution in [1.82, 2.24) is 5.48 Å². The monoisotopic (exact) mass is 349 g/mol. The molecule has 0 spiro atoms. The van der Waals surface area contributed by atoms with E-state index in [9.17, 15) is 19.5 Å². The van der Waals surface area contributed by atoms with Crippen molar-refractivity contribution in [2.24, 2.45) is 5.41 Å². The van der Waals surface area contributed by atoms with Gasteiger partial charge in [0.05, 0.1) is 7.11 Å². The molecule has 0 bridgehead atoms. The Kier molecular flexibility index (Phi) is 6.14. The number of hydrogen-bond donors (Lipinski definition) is 3.